The molecule has 2 aromatic rings. The van der Waals surface area contributed by atoms with Crippen LogP contribution in [0.1, 0.15) is 12.5 Å². The summed E-state index contributed by atoms with van der Waals surface area (Å²) in [6.07, 6.45) is -0.576. The fourth-order valence-electron chi connectivity index (χ4n) is 3.41. The maximum absolute atomic E-state index is 13.9. The summed E-state index contributed by atoms with van der Waals surface area (Å²) < 4.78 is 47.0. The van der Waals surface area contributed by atoms with E-state index < -0.39 is 27.4 Å². The number of hydrogen-bond donors (Lipinski definition) is 2. The van der Waals surface area contributed by atoms with Gasteiger partial charge in [-0.25, -0.2) is 12.8 Å². The molecule has 1 aliphatic heterocycles. The predicted octanol–water partition coefficient (Wildman–Crippen LogP) is 3.04. The van der Waals surface area contributed by atoms with Gasteiger partial charge in [0.25, 0.3) is 0 Å². The highest BCUT2D eigenvalue weighted by Gasteiger charge is 2.49. The second kappa shape index (κ2) is 9.91. The van der Waals surface area contributed by atoms with E-state index in [1.54, 1.807) is 13.0 Å². The molecule has 0 aromatic heterocycles. The molecule has 1 saturated heterocycles. The summed E-state index contributed by atoms with van der Waals surface area (Å²) in [4.78, 5) is -0.0378. The van der Waals surface area contributed by atoms with Crippen LogP contribution in [0.5, 0.6) is 5.75 Å². The molecule has 1 atom stereocenters. The Labute approximate surface area is 196 Å². The van der Waals surface area contributed by atoms with Gasteiger partial charge in [0.05, 0.1) is 23.3 Å². The fraction of sp³-hybridized carbons (Fsp3) is 0.381. The molecule has 0 radical (unpaired) electrons. The molecule has 0 saturated carbocycles. The van der Waals surface area contributed by atoms with Crippen LogP contribution < -0.4 is 10.1 Å². The molecular weight excluding hydrogens is 480 g/mol. The van der Waals surface area contributed by atoms with Crippen LogP contribution in [0, 0.1) is 22.6 Å². The second-order valence-corrected chi connectivity index (χ2v) is 10.6. The Morgan fingerprint density at radius 3 is 2.62 bits per heavy atom. The Morgan fingerprint density at radius 2 is 2.03 bits per heavy atom. The summed E-state index contributed by atoms with van der Waals surface area (Å²) in [6.45, 7) is 2.71. The SMILES string of the molecule is C[C@@H](O)CNCC1(COc2ccc(C#N)c(F)c2)CN(S(=O)(=O)c2ccc(Cl)cc2Cl)C1. The van der Waals surface area contributed by atoms with Crippen molar-refractivity contribution in [1.29, 1.82) is 5.26 Å². The van der Waals surface area contributed by atoms with E-state index >= 15 is 0 Å². The van der Waals surface area contributed by atoms with E-state index in [0.29, 0.717) is 18.1 Å². The van der Waals surface area contributed by atoms with Gasteiger partial charge in [0.1, 0.15) is 22.5 Å². The third-order valence-corrected chi connectivity index (χ3v) is 7.59. The third-order valence-electron chi connectivity index (χ3n) is 5.08. The molecule has 2 N–H and O–H groups in total. The summed E-state index contributed by atoms with van der Waals surface area (Å²) in [5.74, 6) is -0.458. The van der Waals surface area contributed by atoms with E-state index in [0.717, 1.165) is 6.07 Å². The number of nitrogens with zero attached hydrogens (tertiary/aromatic N) is 2. The van der Waals surface area contributed by atoms with Gasteiger partial charge >= 0.3 is 0 Å². The minimum absolute atomic E-state index is 0.0338. The lowest BCUT2D eigenvalue weighted by Crippen LogP contribution is -2.64. The van der Waals surface area contributed by atoms with Crippen LogP contribution in [-0.4, -0.2) is 56.7 Å². The highest BCUT2D eigenvalue weighted by atomic mass is 35.5. The van der Waals surface area contributed by atoms with Gasteiger partial charge < -0.3 is 15.2 Å². The molecule has 7 nitrogen and oxygen atoms in total. The molecule has 0 bridgehead atoms. The lowest BCUT2D eigenvalue weighted by Gasteiger charge is -2.49. The van der Waals surface area contributed by atoms with Crippen LogP contribution in [0.15, 0.2) is 41.3 Å². The quantitative estimate of drug-likeness (QED) is 0.547. The molecule has 2 aromatic carbocycles. The highest BCUT2D eigenvalue weighted by molar-refractivity contribution is 7.89. The normalized spacial score (nSPS) is 16.8. The molecule has 1 fully saturated rings. The topological polar surface area (TPSA) is 103 Å². The number of aliphatic hydroxyl groups is 1. The summed E-state index contributed by atoms with van der Waals surface area (Å²) in [7, 11) is -3.85. The maximum Gasteiger partial charge on any atom is 0.244 e. The molecule has 1 heterocycles. The molecule has 11 heteroatoms. The molecular formula is C21H22Cl2FN3O4S. The van der Waals surface area contributed by atoms with Gasteiger partial charge in [-0.1, -0.05) is 23.2 Å². The minimum atomic E-state index is -3.85. The number of nitriles is 1. The first-order valence-electron chi connectivity index (χ1n) is 9.73. The number of aliphatic hydroxyl groups excluding tert-OH is 1. The standard InChI is InChI=1S/C21H22Cl2FN3O4S/c1-14(28)9-26-10-21(13-31-17-4-2-15(8-25)19(24)7-17)11-27(12-21)32(29,30)20-5-3-16(22)6-18(20)23/h2-7,14,26,28H,9-13H2,1H3/t14-/m1/s1. The highest BCUT2D eigenvalue weighted by Crippen LogP contribution is 2.37. The average Bonchev–Trinajstić information content (AvgIpc) is 2.68. The third kappa shape index (κ3) is 5.52. The number of sulfonamides is 1. The number of hydrogen-bond acceptors (Lipinski definition) is 6. The minimum Gasteiger partial charge on any atom is -0.493 e. The Morgan fingerprint density at radius 1 is 1.31 bits per heavy atom. The Bertz CT molecular complexity index is 1130. The van der Waals surface area contributed by atoms with Crippen molar-refractivity contribution in [1.82, 2.24) is 9.62 Å². The van der Waals surface area contributed by atoms with Crippen LogP contribution in [0.3, 0.4) is 0 Å². The molecule has 1 aliphatic rings. The van der Waals surface area contributed by atoms with Crippen LogP contribution in [0.4, 0.5) is 4.39 Å². The smallest absolute Gasteiger partial charge is 0.244 e. The van der Waals surface area contributed by atoms with Crippen molar-refractivity contribution in [3.63, 3.8) is 0 Å². The van der Waals surface area contributed by atoms with E-state index in [-0.39, 0.29) is 40.9 Å². The van der Waals surface area contributed by atoms with Crippen LogP contribution in [0.2, 0.25) is 10.0 Å². The summed E-state index contributed by atoms with van der Waals surface area (Å²) in [5.41, 5.74) is -0.697. The zero-order valence-corrected chi connectivity index (χ0v) is 19.5. The molecule has 0 spiro atoms. The summed E-state index contributed by atoms with van der Waals surface area (Å²) in [6, 6.07) is 9.87. The van der Waals surface area contributed by atoms with Gasteiger partial charge in [-0.3, -0.25) is 0 Å². The largest absolute Gasteiger partial charge is 0.493 e. The van der Waals surface area contributed by atoms with Gasteiger partial charge in [-0.2, -0.15) is 9.57 Å². The number of benzene rings is 2. The first-order valence-corrected chi connectivity index (χ1v) is 11.9. The molecule has 0 unspecified atom stereocenters. The molecule has 172 valence electrons. The Kier molecular flexibility index (Phi) is 7.65. The number of nitrogens with one attached hydrogen (secondary N) is 1. The number of halogens is 3. The fourth-order valence-corrected chi connectivity index (χ4v) is 5.82. The van der Waals surface area contributed by atoms with Crippen molar-refractivity contribution in [2.45, 2.75) is 17.9 Å². The zero-order chi connectivity index (χ0) is 23.5. The lowest BCUT2D eigenvalue weighted by atomic mass is 9.82. The van der Waals surface area contributed by atoms with Gasteiger partial charge in [-0.05, 0) is 37.3 Å². The maximum atomic E-state index is 13.9. The van der Waals surface area contributed by atoms with Gasteiger partial charge in [0, 0.05) is 42.7 Å². The first-order chi connectivity index (χ1) is 15.1. The van der Waals surface area contributed by atoms with Crippen molar-refractivity contribution < 1.29 is 22.7 Å². The van der Waals surface area contributed by atoms with E-state index in [2.05, 4.69) is 5.32 Å². The van der Waals surface area contributed by atoms with E-state index in [9.17, 15) is 17.9 Å². The molecule has 0 aliphatic carbocycles. The van der Waals surface area contributed by atoms with Crippen LogP contribution >= 0.6 is 23.2 Å². The van der Waals surface area contributed by atoms with Crippen LogP contribution in [0.25, 0.3) is 0 Å². The van der Waals surface area contributed by atoms with Gasteiger partial charge in [0.2, 0.25) is 10.0 Å². The monoisotopic (exact) mass is 501 g/mol. The Hall–Kier alpha value is -1.93. The lowest BCUT2D eigenvalue weighted by molar-refractivity contribution is 0.0172. The molecule has 32 heavy (non-hydrogen) atoms. The Balaban J connectivity index is 1.74. The van der Waals surface area contributed by atoms with Gasteiger partial charge in [0.15, 0.2) is 0 Å². The zero-order valence-electron chi connectivity index (χ0n) is 17.2. The van der Waals surface area contributed by atoms with Crippen molar-refractivity contribution in [2.75, 3.05) is 32.8 Å². The van der Waals surface area contributed by atoms with E-state index in [1.165, 1.54) is 34.6 Å². The number of ether oxygens (including phenoxy) is 1. The molecule has 0 amide bonds. The predicted molar refractivity (Wildman–Crippen MR) is 119 cm³/mol. The van der Waals surface area contributed by atoms with Crippen molar-refractivity contribution in [2.24, 2.45) is 5.41 Å². The van der Waals surface area contributed by atoms with Crippen molar-refractivity contribution in [3.8, 4) is 11.8 Å². The summed E-state index contributed by atoms with van der Waals surface area (Å²) in [5, 5.41) is 21.8. The second-order valence-electron chi connectivity index (χ2n) is 7.87. The first kappa shape index (κ1) is 24.7. The van der Waals surface area contributed by atoms with Crippen LogP contribution in [-0.2, 0) is 10.0 Å². The summed E-state index contributed by atoms with van der Waals surface area (Å²) >= 11 is 12.0. The average molecular weight is 502 g/mol. The van der Waals surface area contributed by atoms with Crippen molar-refractivity contribution >= 4 is 33.2 Å². The molecule has 3 rings (SSSR count). The number of rotatable bonds is 9. The van der Waals surface area contributed by atoms with E-state index in [4.69, 9.17) is 33.2 Å². The van der Waals surface area contributed by atoms with Crippen molar-refractivity contribution in [3.05, 3.63) is 57.8 Å². The van der Waals surface area contributed by atoms with Gasteiger partial charge in [-0.15, -0.1) is 0 Å². The van der Waals surface area contributed by atoms with E-state index in [1.807, 2.05) is 0 Å².